The second kappa shape index (κ2) is 5.55. The van der Waals surface area contributed by atoms with Crippen LogP contribution in [0, 0.1) is 0 Å². The Hall–Kier alpha value is -1.32. The van der Waals surface area contributed by atoms with Crippen LogP contribution < -0.4 is 10.6 Å². The number of nitrogens with one attached hydrogen (secondary N) is 3. The number of aromatic amines is 1. The van der Waals surface area contributed by atoms with E-state index >= 15 is 0 Å². The highest BCUT2D eigenvalue weighted by molar-refractivity contribution is 5.82. The van der Waals surface area contributed by atoms with Gasteiger partial charge < -0.3 is 15.6 Å². The Morgan fingerprint density at radius 3 is 2.67 bits per heavy atom. The lowest BCUT2D eigenvalue weighted by molar-refractivity contribution is 0.421. The van der Waals surface area contributed by atoms with Gasteiger partial charge in [0, 0.05) is 42.3 Å². The average Bonchev–Trinajstić information content (AvgIpc) is 2.71. The highest BCUT2D eigenvalue weighted by atomic mass is 15.0. The minimum absolute atomic E-state index is 0.197. The molecular formula is C15H23N3. The van der Waals surface area contributed by atoms with Crippen LogP contribution in [0.2, 0.25) is 0 Å². The van der Waals surface area contributed by atoms with Gasteiger partial charge in [-0.25, -0.2) is 0 Å². The first-order valence-electron chi connectivity index (χ1n) is 6.57. The van der Waals surface area contributed by atoms with E-state index in [1.54, 1.807) is 0 Å². The van der Waals surface area contributed by atoms with Crippen molar-refractivity contribution < 1.29 is 0 Å². The van der Waals surface area contributed by atoms with Crippen LogP contribution in [-0.4, -0.2) is 23.6 Å². The van der Waals surface area contributed by atoms with Gasteiger partial charge >= 0.3 is 0 Å². The van der Waals surface area contributed by atoms with Gasteiger partial charge in [-0.3, -0.25) is 0 Å². The molecule has 0 saturated heterocycles. The Labute approximate surface area is 109 Å². The maximum Gasteiger partial charge on any atom is 0.0457 e. The third-order valence-corrected chi connectivity index (χ3v) is 2.95. The second-order valence-corrected chi connectivity index (χ2v) is 5.71. The van der Waals surface area contributed by atoms with Crippen LogP contribution >= 0.6 is 0 Å². The summed E-state index contributed by atoms with van der Waals surface area (Å²) in [6.07, 6.45) is 2.09. The Kier molecular flexibility index (Phi) is 4.04. The molecule has 0 radical (unpaired) electrons. The lowest BCUT2D eigenvalue weighted by Gasteiger charge is -2.20. The van der Waals surface area contributed by atoms with E-state index in [0.717, 1.165) is 19.6 Å². The summed E-state index contributed by atoms with van der Waals surface area (Å²) < 4.78 is 0. The van der Waals surface area contributed by atoms with E-state index in [9.17, 15) is 0 Å². The fourth-order valence-electron chi connectivity index (χ4n) is 2.03. The molecule has 1 heterocycles. The lowest BCUT2D eigenvalue weighted by atomic mass is 10.1. The minimum atomic E-state index is 0.197. The molecule has 0 atom stereocenters. The molecule has 0 aliphatic carbocycles. The molecule has 0 saturated carbocycles. The van der Waals surface area contributed by atoms with Gasteiger partial charge in [-0.1, -0.05) is 18.2 Å². The quantitative estimate of drug-likeness (QED) is 0.709. The molecule has 0 aliphatic heterocycles. The van der Waals surface area contributed by atoms with Gasteiger partial charge in [0.2, 0.25) is 0 Å². The number of fused-ring (bicyclic) bond motifs is 1. The molecule has 3 N–H and O–H groups in total. The Balaban J connectivity index is 1.80. The summed E-state index contributed by atoms with van der Waals surface area (Å²) in [5.41, 5.74) is 2.74. The molecule has 18 heavy (non-hydrogen) atoms. The van der Waals surface area contributed by atoms with E-state index in [2.05, 4.69) is 66.9 Å². The van der Waals surface area contributed by atoms with Crippen LogP contribution in [0.15, 0.2) is 30.5 Å². The summed E-state index contributed by atoms with van der Waals surface area (Å²) in [5, 5.41) is 8.25. The van der Waals surface area contributed by atoms with Gasteiger partial charge in [0.25, 0.3) is 0 Å². The minimum Gasteiger partial charge on any atom is -0.361 e. The van der Waals surface area contributed by atoms with Crippen LogP contribution in [0.4, 0.5) is 0 Å². The first-order chi connectivity index (χ1) is 8.56. The average molecular weight is 245 g/mol. The van der Waals surface area contributed by atoms with Crippen molar-refractivity contribution in [2.75, 3.05) is 13.1 Å². The third-order valence-electron chi connectivity index (χ3n) is 2.95. The van der Waals surface area contributed by atoms with Gasteiger partial charge in [0.15, 0.2) is 0 Å². The van der Waals surface area contributed by atoms with Crippen molar-refractivity contribution in [1.82, 2.24) is 15.6 Å². The van der Waals surface area contributed by atoms with Crippen LogP contribution in [-0.2, 0) is 6.54 Å². The molecule has 0 aliphatic rings. The molecule has 0 amide bonds. The van der Waals surface area contributed by atoms with Gasteiger partial charge in [-0.15, -0.1) is 0 Å². The largest absolute Gasteiger partial charge is 0.361 e. The molecular weight excluding hydrogens is 222 g/mol. The molecule has 3 nitrogen and oxygen atoms in total. The smallest absolute Gasteiger partial charge is 0.0457 e. The molecule has 1 aromatic heterocycles. The van der Waals surface area contributed by atoms with Crippen LogP contribution in [0.25, 0.3) is 10.9 Å². The highest BCUT2D eigenvalue weighted by Crippen LogP contribution is 2.16. The fraction of sp³-hybridized carbons (Fsp3) is 0.467. The predicted molar refractivity (Wildman–Crippen MR) is 77.8 cm³/mol. The van der Waals surface area contributed by atoms with Gasteiger partial charge in [-0.2, -0.15) is 0 Å². The summed E-state index contributed by atoms with van der Waals surface area (Å²) in [5.74, 6) is 0. The molecule has 0 bridgehead atoms. The van der Waals surface area contributed by atoms with E-state index in [0.29, 0.717) is 0 Å². The van der Waals surface area contributed by atoms with Crippen LogP contribution in [0.5, 0.6) is 0 Å². The van der Waals surface area contributed by atoms with Gasteiger partial charge in [0.05, 0.1) is 0 Å². The number of rotatable bonds is 5. The number of H-pyrrole nitrogens is 1. The maximum absolute atomic E-state index is 3.47. The summed E-state index contributed by atoms with van der Waals surface area (Å²) >= 11 is 0. The maximum atomic E-state index is 3.47. The summed E-state index contributed by atoms with van der Waals surface area (Å²) in [6.45, 7) is 9.45. The van der Waals surface area contributed by atoms with E-state index in [1.807, 2.05) is 0 Å². The summed E-state index contributed by atoms with van der Waals surface area (Å²) in [4.78, 5) is 3.30. The zero-order valence-electron chi connectivity index (χ0n) is 11.5. The highest BCUT2D eigenvalue weighted by Gasteiger charge is 2.07. The second-order valence-electron chi connectivity index (χ2n) is 5.71. The van der Waals surface area contributed by atoms with E-state index in [4.69, 9.17) is 0 Å². The Morgan fingerprint density at radius 2 is 1.89 bits per heavy atom. The fourth-order valence-corrected chi connectivity index (χ4v) is 2.03. The molecule has 98 valence electrons. The van der Waals surface area contributed by atoms with Gasteiger partial charge in [0.1, 0.15) is 0 Å². The van der Waals surface area contributed by atoms with Crippen molar-refractivity contribution in [2.24, 2.45) is 0 Å². The van der Waals surface area contributed by atoms with Crippen molar-refractivity contribution in [3.8, 4) is 0 Å². The normalized spacial score (nSPS) is 12.2. The van der Waals surface area contributed by atoms with Crippen molar-refractivity contribution in [3.63, 3.8) is 0 Å². The summed E-state index contributed by atoms with van der Waals surface area (Å²) in [6, 6.07) is 8.42. The first kappa shape index (κ1) is 13.1. The van der Waals surface area contributed by atoms with Crippen LogP contribution in [0.1, 0.15) is 26.3 Å². The first-order valence-corrected chi connectivity index (χ1v) is 6.57. The van der Waals surface area contributed by atoms with Crippen LogP contribution in [0.3, 0.4) is 0 Å². The van der Waals surface area contributed by atoms with Gasteiger partial charge in [-0.05, 0) is 32.4 Å². The number of hydrogen-bond donors (Lipinski definition) is 3. The van der Waals surface area contributed by atoms with E-state index in [1.165, 1.54) is 16.5 Å². The topological polar surface area (TPSA) is 39.8 Å². The number of benzene rings is 1. The summed E-state index contributed by atoms with van der Waals surface area (Å²) in [7, 11) is 0. The molecule has 0 spiro atoms. The number of hydrogen-bond acceptors (Lipinski definition) is 2. The van der Waals surface area contributed by atoms with Crippen molar-refractivity contribution >= 4 is 10.9 Å². The standard InChI is InChI=1S/C15H23N3/c1-15(2,3)18-9-8-16-10-12-11-17-14-7-5-4-6-13(12)14/h4-7,11,16-18H,8-10H2,1-3H3. The third kappa shape index (κ3) is 3.59. The molecule has 2 aromatic rings. The molecule has 2 rings (SSSR count). The van der Waals surface area contributed by atoms with E-state index < -0.39 is 0 Å². The van der Waals surface area contributed by atoms with Crippen molar-refractivity contribution in [3.05, 3.63) is 36.0 Å². The van der Waals surface area contributed by atoms with Crippen molar-refractivity contribution in [2.45, 2.75) is 32.9 Å². The predicted octanol–water partition coefficient (Wildman–Crippen LogP) is 2.65. The Morgan fingerprint density at radius 1 is 1.11 bits per heavy atom. The lowest BCUT2D eigenvalue weighted by Crippen LogP contribution is -2.40. The number of para-hydroxylation sites is 1. The number of aromatic nitrogens is 1. The van der Waals surface area contributed by atoms with E-state index in [-0.39, 0.29) is 5.54 Å². The molecule has 1 aromatic carbocycles. The molecule has 3 heteroatoms. The monoisotopic (exact) mass is 245 g/mol. The molecule has 0 fully saturated rings. The molecule has 0 unspecified atom stereocenters. The zero-order valence-corrected chi connectivity index (χ0v) is 11.5. The van der Waals surface area contributed by atoms with Crippen molar-refractivity contribution in [1.29, 1.82) is 0 Å². The SMILES string of the molecule is CC(C)(C)NCCNCc1c[nH]c2ccccc12. The Bertz CT molecular complexity index is 494. The zero-order chi connectivity index (χ0) is 13.0.